The van der Waals surface area contributed by atoms with Crippen molar-refractivity contribution in [2.24, 2.45) is 0 Å². The van der Waals surface area contributed by atoms with Gasteiger partial charge in [-0.2, -0.15) is 0 Å². The molecule has 3 aromatic rings. The molecule has 1 aliphatic rings. The van der Waals surface area contributed by atoms with Crippen molar-refractivity contribution in [3.63, 3.8) is 0 Å². The maximum absolute atomic E-state index is 13.1. The molecule has 1 saturated carbocycles. The SMILES string of the molecule is O=C(NC1CCCCCC1)C(=Cc1c[nH]c2ccccc12)NC(=O)c1ccccc1. The number of rotatable bonds is 5. The minimum absolute atomic E-state index is 0.153. The molecule has 30 heavy (non-hydrogen) atoms. The highest BCUT2D eigenvalue weighted by Crippen LogP contribution is 2.21. The van der Waals surface area contributed by atoms with Gasteiger partial charge in [0.05, 0.1) is 0 Å². The summed E-state index contributed by atoms with van der Waals surface area (Å²) in [6, 6.07) is 17.0. The normalized spacial score (nSPS) is 15.5. The Morgan fingerprint density at radius 1 is 0.900 bits per heavy atom. The Morgan fingerprint density at radius 2 is 1.60 bits per heavy atom. The molecule has 0 atom stereocenters. The Labute approximate surface area is 176 Å². The van der Waals surface area contributed by atoms with E-state index in [1.54, 1.807) is 18.2 Å². The molecular formula is C25H27N3O2. The largest absolute Gasteiger partial charge is 0.361 e. The van der Waals surface area contributed by atoms with Crippen molar-refractivity contribution >= 4 is 28.8 Å². The number of aromatic amines is 1. The fourth-order valence-electron chi connectivity index (χ4n) is 4.00. The fraction of sp³-hybridized carbons (Fsp3) is 0.280. The maximum Gasteiger partial charge on any atom is 0.268 e. The number of carbonyl (C=O) groups is 2. The average molecular weight is 402 g/mol. The second-order valence-electron chi connectivity index (χ2n) is 7.83. The van der Waals surface area contributed by atoms with Crippen LogP contribution in [0.3, 0.4) is 0 Å². The Balaban J connectivity index is 1.61. The summed E-state index contributed by atoms with van der Waals surface area (Å²) in [4.78, 5) is 29.1. The van der Waals surface area contributed by atoms with Crippen molar-refractivity contribution < 1.29 is 9.59 Å². The van der Waals surface area contributed by atoms with Crippen LogP contribution in [0.15, 0.2) is 66.5 Å². The topological polar surface area (TPSA) is 74.0 Å². The lowest BCUT2D eigenvalue weighted by Gasteiger charge is -2.18. The van der Waals surface area contributed by atoms with E-state index < -0.39 is 0 Å². The number of fused-ring (bicyclic) bond motifs is 1. The van der Waals surface area contributed by atoms with Gasteiger partial charge >= 0.3 is 0 Å². The maximum atomic E-state index is 13.1. The zero-order valence-corrected chi connectivity index (χ0v) is 17.0. The summed E-state index contributed by atoms with van der Waals surface area (Å²) in [6.45, 7) is 0. The van der Waals surface area contributed by atoms with Gasteiger partial charge in [0, 0.05) is 34.3 Å². The lowest BCUT2D eigenvalue weighted by molar-refractivity contribution is -0.118. The monoisotopic (exact) mass is 401 g/mol. The third-order valence-corrected chi connectivity index (χ3v) is 5.64. The number of benzene rings is 2. The molecule has 1 heterocycles. The minimum atomic E-state index is -0.294. The van der Waals surface area contributed by atoms with Gasteiger partial charge in [-0.05, 0) is 37.1 Å². The highest BCUT2D eigenvalue weighted by atomic mass is 16.2. The minimum Gasteiger partial charge on any atom is -0.361 e. The molecule has 3 N–H and O–H groups in total. The van der Waals surface area contributed by atoms with E-state index in [1.165, 1.54) is 12.8 Å². The molecule has 5 heteroatoms. The molecule has 0 aliphatic heterocycles. The first-order valence-electron chi connectivity index (χ1n) is 10.7. The Morgan fingerprint density at radius 3 is 2.37 bits per heavy atom. The van der Waals surface area contributed by atoms with Crippen molar-refractivity contribution in [1.29, 1.82) is 0 Å². The van der Waals surface area contributed by atoms with Gasteiger partial charge in [-0.15, -0.1) is 0 Å². The van der Waals surface area contributed by atoms with Gasteiger partial charge in [0.15, 0.2) is 0 Å². The van der Waals surface area contributed by atoms with E-state index in [2.05, 4.69) is 15.6 Å². The third kappa shape index (κ3) is 4.79. The van der Waals surface area contributed by atoms with E-state index in [4.69, 9.17) is 0 Å². The van der Waals surface area contributed by atoms with Crippen LogP contribution in [-0.4, -0.2) is 22.8 Å². The standard InChI is InChI=1S/C25H27N3O2/c29-24(18-10-4-3-5-11-18)28-23(25(30)27-20-12-6-1-2-7-13-20)16-19-17-26-22-15-9-8-14-21(19)22/h3-5,8-11,14-17,20,26H,1-2,6-7,12-13H2,(H,27,30)(H,28,29). The van der Waals surface area contributed by atoms with Crippen molar-refractivity contribution in [3.8, 4) is 0 Å². The van der Waals surface area contributed by atoms with E-state index in [0.717, 1.165) is 42.1 Å². The van der Waals surface area contributed by atoms with Crippen LogP contribution in [0.5, 0.6) is 0 Å². The van der Waals surface area contributed by atoms with Gasteiger partial charge in [0.25, 0.3) is 11.8 Å². The van der Waals surface area contributed by atoms with Crippen LogP contribution in [0, 0.1) is 0 Å². The summed E-state index contributed by atoms with van der Waals surface area (Å²) in [5.41, 5.74) is 2.63. The molecule has 4 rings (SSSR count). The molecule has 1 aliphatic carbocycles. The summed E-state index contributed by atoms with van der Waals surface area (Å²) in [5.74, 6) is -0.533. The lowest BCUT2D eigenvalue weighted by Crippen LogP contribution is -2.40. The van der Waals surface area contributed by atoms with Gasteiger partial charge in [0.2, 0.25) is 0 Å². The first kappa shape index (κ1) is 20.0. The van der Waals surface area contributed by atoms with E-state index in [-0.39, 0.29) is 23.6 Å². The molecule has 1 fully saturated rings. The van der Waals surface area contributed by atoms with Gasteiger partial charge in [-0.25, -0.2) is 0 Å². The van der Waals surface area contributed by atoms with Crippen LogP contribution in [-0.2, 0) is 4.79 Å². The van der Waals surface area contributed by atoms with E-state index in [0.29, 0.717) is 5.56 Å². The van der Waals surface area contributed by atoms with Gasteiger partial charge in [-0.3, -0.25) is 9.59 Å². The highest BCUT2D eigenvalue weighted by molar-refractivity contribution is 6.06. The lowest BCUT2D eigenvalue weighted by atomic mass is 10.1. The Hall–Kier alpha value is -3.34. The van der Waals surface area contributed by atoms with Crippen molar-refractivity contribution in [2.75, 3.05) is 0 Å². The molecular weight excluding hydrogens is 374 g/mol. The molecule has 2 aromatic carbocycles. The molecule has 0 saturated heterocycles. The first-order valence-corrected chi connectivity index (χ1v) is 10.7. The summed E-state index contributed by atoms with van der Waals surface area (Å²) in [7, 11) is 0. The smallest absolute Gasteiger partial charge is 0.268 e. The molecule has 0 spiro atoms. The van der Waals surface area contributed by atoms with Crippen molar-refractivity contribution in [3.05, 3.63) is 77.6 Å². The van der Waals surface area contributed by atoms with Gasteiger partial charge in [-0.1, -0.05) is 62.1 Å². The highest BCUT2D eigenvalue weighted by Gasteiger charge is 2.20. The quantitative estimate of drug-likeness (QED) is 0.425. The van der Waals surface area contributed by atoms with E-state index >= 15 is 0 Å². The molecule has 0 radical (unpaired) electrons. The second-order valence-corrected chi connectivity index (χ2v) is 7.83. The Kier molecular flexibility index (Phi) is 6.28. The van der Waals surface area contributed by atoms with Gasteiger partial charge < -0.3 is 15.6 Å². The number of aromatic nitrogens is 1. The molecule has 0 bridgehead atoms. The molecule has 1 aromatic heterocycles. The van der Waals surface area contributed by atoms with E-state index in [1.807, 2.05) is 48.7 Å². The van der Waals surface area contributed by atoms with Crippen LogP contribution < -0.4 is 10.6 Å². The third-order valence-electron chi connectivity index (χ3n) is 5.64. The number of carbonyl (C=O) groups excluding carboxylic acids is 2. The van der Waals surface area contributed by atoms with E-state index in [9.17, 15) is 9.59 Å². The van der Waals surface area contributed by atoms with Crippen LogP contribution in [0.4, 0.5) is 0 Å². The van der Waals surface area contributed by atoms with Gasteiger partial charge in [0.1, 0.15) is 5.70 Å². The second kappa shape index (κ2) is 9.44. The number of nitrogens with one attached hydrogen (secondary N) is 3. The fourth-order valence-corrected chi connectivity index (χ4v) is 4.00. The number of hydrogen-bond donors (Lipinski definition) is 3. The number of amides is 2. The van der Waals surface area contributed by atoms with Crippen molar-refractivity contribution in [1.82, 2.24) is 15.6 Å². The van der Waals surface area contributed by atoms with Crippen LogP contribution in [0.2, 0.25) is 0 Å². The zero-order chi connectivity index (χ0) is 20.8. The van der Waals surface area contributed by atoms with Crippen LogP contribution in [0.25, 0.3) is 17.0 Å². The Bertz CT molecular complexity index is 1040. The zero-order valence-electron chi connectivity index (χ0n) is 17.0. The first-order chi connectivity index (χ1) is 14.7. The summed E-state index contributed by atoms with van der Waals surface area (Å²) in [6.07, 6.45) is 10.3. The van der Waals surface area contributed by atoms with Crippen LogP contribution >= 0.6 is 0 Å². The number of H-pyrrole nitrogens is 1. The number of para-hydroxylation sites is 1. The summed E-state index contributed by atoms with van der Waals surface area (Å²) >= 11 is 0. The molecule has 154 valence electrons. The molecule has 5 nitrogen and oxygen atoms in total. The molecule has 2 amide bonds. The van der Waals surface area contributed by atoms with Crippen LogP contribution in [0.1, 0.15) is 54.4 Å². The average Bonchev–Trinajstić information content (AvgIpc) is 3.00. The molecule has 0 unspecified atom stereocenters. The summed E-state index contributed by atoms with van der Waals surface area (Å²) < 4.78 is 0. The predicted molar refractivity (Wildman–Crippen MR) is 120 cm³/mol. The van der Waals surface area contributed by atoms with Crippen molar-refractivity contribution in [2.45, 2.75) is 44.6 Å². The summed E-state index contributed by atoms with van der Waals surface area (Å²) in [5, 5.41) is 6.99. The number of hydrogen-bond acceptors (Lipinski definition) is 2. The predicted octanol–water partition coefficient (Wildman–Crippen LogP) is 4.78.